The summed E-state index contributed by atoms with van der Waals surface area (Å²) in [6.07, 6.45) is -2.37. The van der Waals surface area contributed by atoms with Crippen molar-refractivity contribution in [2.75, 3.05) is 0 Å². The van der Waals surface area contributed by atoms with Crippen molar-refractivity contribution in [2.24, 2.45) is 0 Å². The van der Waals surface area contributed by atoms with Crippen molar-refractivity contribution in [2.45, 2.75) is 99.5 Å². The molecule has 0 aliphatic heterocycles. The van der Waals surface area contributed by atoms with Gasteiger partial charge in [-0.25, -0.2) is 0 Å². The highest BCUT2D eigenvalue weighted by molar-refractivity contribution is 9.11. The minimum Gasteiger partial charge on any atom is -0.194 e. The van der Waals surface area contributed by atoms with Gasteiger partial charge in [0.1, 0.15) is 0 Å². The van der Waals surface area contributed by atoms with E-state index < -0.39 is 53.2 Å². The molecule has 0 atom stereocenters. The van der Waals surface area contributed by atoms with Crippen LogP contribution in [0.5, 0.6) is 0 Å². The predicted molar refractivity (Wildman–Crippen MR) is 132 cm³/mol. The lowest BCUT2D eigenvalue weighted by atomic mass is 9.87. The predicted octanol–water partition coefficient (Wildman–Crippen LogP) is 12.6. The molecule has 0 nitrogen and oxygen atoms in total. The van der Waals surface area contributed by atoms with Gasteiger partial charge in [-0.2, -0.15) is 74.6 Å². The first-order valence-corrected chi connectivity index (χ1v) is 14.7. The molecule has 2 rings (SSSR count). The Balaban J connectivity index is 2.47. The molecule has 0 spiro atoms. The second kappa shape index (κ2) is 12.7. The Hall–Kier alpha value is -1.31. The Kier molecular flexibility index (Phi) is 11.2. The van der Waals surface area contributed by atoms with E-state index >= 15 is 0 Å². The number of hydrogen-bond acceptors (Lipinski definition) is 2. The third-order valence-corrected chi connectivity index (χ3v) is 9.28. The summed E-state index contributed by atoms with van der Waals surface area (Å²) < 4.78 is 232. The van der Waals surface area contributed by atoms with Crippen LogP contribution in [0.4, 0.5) is 74.6 Å². The van der Waals surface area contributed by atoms with E-state index in [0.29, 0.717) is 22.2 Å². The molecule has 0 radical (unpaired) electrons. The Labute approximate surface area is 254 Å². The Morgan fingerprint density at radius 1 is 0.591 bits per heavy atom. The second-order valence-corrected chi connectivity index (χ2v) is 13.0. The first kappa shape index (κ1) is 38.9. The first-order valence-electron chi connectivity index (χ1n) is 12.3. The van der Waals surface area contributed by atoms with Crippen molar-refractivity contribution in [1.29, 1.82) is 0 Å². The van der Waals surface area contributed by atoms with Gasteiger partial charge in [-0.15, -0.1) is 22.7 Å². The smallest absolute Gasteiger partial charge is 0.194 e. The summed E-state index contributed by atoms with van der Waals surface area (Å²) in [7, 11) is 0. The van der Waals surface area contributed by atoms with Crippen LogP contribution >= 0.6 is 38.6 Å². The largest absolute Gasteiger partial charge is 0.460 e. The fourth-order valence-corrected chi connectivity index (χ4v) is 6.63. The maximum Gasteiger partial charge on any atom is 0.460 e. The summed E-state index contributed by atoms with van der Waals surface area (Å²) in [5.41, 5.74) is -1.70. The fourth-order valence-electron chi connectivity index (χ4n) is 3.85. The molecule has 0 amide bonds. The van der Waals surface area contributed by atoms with Crippen LogP contribution in [0.1, 0.15) is 56.6 Å². The van der Waals surface area contributed by atoms with Gasteiger partial charge in [-0.1, -0.05) is 39.0 Å². The Morgan fingerprint density at radius 3 is 1.55 bits per heavy atom. The summed E-state index contributed by atoms with van der Waals surface area (Å²) in [6, 6.07) is 1.66. The molecule has 0 aliphatic rings. The summed E-state index contributed by atoms with van der Waals surface area (Å²) in [6.45, 7) is 1.99. The van der Waals surface area contributed by atoms with Crippen LogP contribution in [0.3, 0.4) is 0 Å². The molecule has 44 heavy (non-hydrogen) atoms. The molecule has 2 aromatic heterocycles. The average molecular weight is 775 g/mol. The van der Waals surface area contributed by atoms with E-state index in [1.165, 1.54) is 6.07 Å². The number of rotatable bonds is 15. The molecule has 0 aromatic carbocycles. The molecule has 0 bridgehead atoms. The van der Waals surface area contributed by atoms with Crippen molar-refractivity contribution in [3.05, 3.63) is 32.4 Å². The second-order valence-electron chi connectivity index (χ2n) is 9.64. The molecule has 20 heteroatoms. The monoisotopic (exact) mass is 774 g/mol. The van der Waals surface area contributed by atoms with Gasteiger partial charge < -0.3 is 0 Å². The Bertz CT molecular complexity index is 1260. The van der Waals surface area contributed by atoms with E-state index in [9.17, 15) is 74.6 Å². The lowest BCUT2D eigenvalue weighted by molar-refractivity contribution is -0.462. The molecule has 0 saturated heterocycles. The molecule has 0 fully saturated rings. The summed E-state index contributed by atoms with van der Waals surface area (Å²) >= 11 is 4.21. The standard InChI is InChI=1S/C24H20BrF17S2/c1-2-3-4-5-6-7-8-12-9-15(25)44-16(12)14-10-13(11-43-14)17(26,27)18(28,29)19(30,31)20(32,33)21(34,35)22(36,37)23(38,39)24(40,41)42/h9-11H,2-8H2,1H3. The average Bonchev–Trinajstić information content (AvgIpc) is 3.51. The molecule has 254 valence electrons. The maximum atomic E-state index is 14.7. The highest BCUT2D eigenvalue weighted by Crippen LogP contribution is 2.65. The van der Waals surface area contributed by atoms with Gasteiger partial charge in [0.25, 0.3) is 0 Å². The third kappa shape index (κ3) is 6.32. The zero-order chi connectivity index (χ0) is 34.4. The lowest BCUT2D eigenvalue weighted by Gasteiger charge is -2.42. The lowest BCUT2D eigenvalue weighted by Crippen LogP contribution is -2.74. The van der Waals surface area contributed by atoms with Gasteiger partial charge in [-0.05, 0) is 46.5 Å². The highest BCUT2D eigenvalue weighted by atomic mass is 79.9. The van der Waals surface area contributed by atoms with Gasteiger partial charge in [0.15, 0.2) is 0 Å². The first-order chi connectivity index (χ1) is 19.7. The number of hydrogen-bond donors (Lipinski definition) is 0. The van der Waals surface area contributed by atoms with Gasteiger partial charge in [0.05, 0.1) is 3.79 Å². The molecule has 2 aromatic rings. The Morgan fingerprint density at radius 2 is 1.05 bits per heavy atom. The van der Waals surface area contributed by atoms with Crippen LogP contribution in [0.15, 0.2) is 21.3 Å². The summed E-state index contributed by atoms with van der Waals surface area (Å²) in [5, 5.41) is 0.0597. The van der Waals surface area contributed by atoms with E-state index in [0.717, 1.165) is 43.4 Å². The number of aryl methyl sites for hydroxylation is 1. The van der Waals surface area contributed by atoms with E-state index in [1.807, 2.05) is 6.92 Å². The SMILES string of the molecule is CCCCCCCCc1cc(Br)sc1-c1cc(C(F)(F)C(F)(F)C(F)(F)C(F)(F)C(F)(F)C(F)(F)C(F)(F)C(F)(F)F)cs1. The topological polar surface area (TPSA) is 0 Å². The summed E-state index contributed by atoms with van der Waals surface area (Å²) in [5.74, 6) is -56.6. The minimum absolute atomic E-state index is 0.0597. The number of halogens is 18. The number of alkyl halides is 17. The van der Waals surface area contributed by atoms with Gasteiger partial charge >= 0.3 is 47.6 Å². The van der Waals surface area contributed by atoms with Crippen molar-refractivity contribution in [1.82, 2.24) is 0 Å². The molecule has 0 saturated carbocycles. The van der Waals surface area contributed by atoms with E-state index in [4.69, 9.17) is 0 Å². The van der Waals surface area contributed by atoms with Gasteiger partial charge in [-0.3, -0.25) is 0 Å². The van der Waals surface area contributed by atoms with E-state index in [2.05, 4.69) is 15.9 Å². The van der Waals surface area contributed by atoms with Crippen molar-refractivity contribution < 1.29 is 74.6 Å². The van der Waals surface area contributed by atoms with Gasteiger partial charge in [0.2, 0.25) is 0 Å². The normalized spacial score (nSPS) is 14.9. The zero-order valence-corrected chi connectivity index (χ0v) is 25.0. The van der Waals surface area contributed by atoms with E-state index in [-0.39, 0.29) is 32.5 Å². The van der Waals surface area contributed by atoms with E-state index in [1.54, 1.807) is 0 Å². The third-order valence-electron chi connectivity index (χ3n) is 6.49. The summed E-state index contributed by atoms with van der Waals surface area (Å²) in [4.78, 5) is -0.151. The highest BCUT2D eigenvalue weighted by Gasteiger charge is 2.95. The molecule has 2 heterocycles. The van der Waals surface area contributed by atoms with Crippen LogP contribution < -0.4 is 0 Å². The number of unbranched alkanes of at least 4 members (excludes halogenated alkanes) is 5. The minimum atomic E-state index is -8.64. The molecular formula is C24H20BrF17S2. The van der Waals surface area contributed by atoms with Crippen molar-refractivity contribution in [3.8, 4) is 9.75 Å². The van der Waals surface area contributed by atoms with Crippen LogP contribution in [-0.2, 0) is 12.3 Å². The fraction of sp³-hybridized carbons (Fsp3) is 0.667. The molecule has 0 unspecified atom stereocenters. The molecular weight excluding hydrogens is 755 g/mol. The zero-order valence-electron chi connectivity index (χ0n) is 21.8. The van der Waals surface area contributed by atoms with Crippen molar-refractivity contribution in [3.63, 3.8) is 0 Å². The van der Waals surface area contributed by atoms with Crippen LogP contribution in [-0.4, -0.2) is 41.7 Å². The number of thiophene rings is 2. The quantitative estimate of drug-likeness (QED) is 0.125. The van der Waals surface area contributed by atoms with Crippen LogP contribution in [0, 0.1) is 0 Å². The molecule has 0 aliphatic carbocycles. The molecule has 0 N–H and O–H groups in total. The maximum absolute atomic E-state index is 14.7. The van der Waals surface area contributed by atoms with Crippen LogP contribution in [0.2, 0.25) is 0 Å². The van der Waals surface area contributed by atoms with Crippen LogP contribution in [0.25, 0.3) is 9.75 Å². The van der Waals surface area contributed by atoms with Crippen molar-refractivity contribution >= 4 is 38.6 Å². The van der Waals surface area contributed by atoms with Gasteiger partial charge in [0, 0.05) is 20.7 Å².